The number of hydrogen-bond acceptors (Lipinski definition) is 8. The SMILES string of the molecule is c1ccc(-c2ccc(N3CCN(Cc4nnco4)CC3)nn2)nc1. The molecule has 3 aromatic rings. The first-order valence-corrected chi connectivity index (χ1v) is 7.86. The number of pyridine rings is 1. The molecule has 1 aliphatic rings. The first kappa shape index (κ1) is 14.7. The summed E-state index contributed by atoms with van der Waals surface area (Å²) in [6.45, 7) is 4.33. The van der Waals surface area contributed by atoms with Gasteiger partial charge in [-0.1, -0.05) is 6.07 Å². The monoisotopic (exact) mass is 323 g/mol. The van der Waals surface area contributed by atoms with E-state index in [-0.39, 0.29) is 0 Å². The molecule has 1 saturated heterocycles. The minimum absolute atomic E-state index is 0.656. The van der Waals surface area contributed by atoms with Gasteiger partial charge in [0.1, 0.15) is 5.69 Å². The lowest BCUT2D eigenvalue weighted by atomic mass is 10.2. The molecule has 0 spiro atoms. The maximum absolute atomic E-state index is 5.20. The normalized spacial score (nSPS) is 15.6. The number of hydrogen-bond donors (Lipinski definition) is 0. The quantitative estimate of drug-likeness (QED) is 0.709. The van der Waals surface area contributed by atoms with Gasteiger partial charge in [-0.3, -0.25) is 9.88 Å². The molecule has 0 amide bonds. The predicted molar refractivity (Wildman–Crippen MR) is 87.1 cm³/mol. The first-order valence-electron chi connectivity index (χ1n) is 7.86. The maximum Gasteiger partial charge on any atom is 0.230 e. The van der Waals surface area contributed by atoms with Crippen LogP contribution in [0.1, 0.15) is 5.89 Å². The van der Waals surface area contributed by atoms with Crippen molar-refractivity contribution in [2.24, 2.45) is 0 Å². The van der Waals surface area contributed by atoms with Crippen LogP contribution in [-0.4, -0.2) is 56.5 Å². The molecule has 0 atom stereocenters. The molecule has 0 unspecified atom stereocenters. The van der Waals surface area contributed by atoms with Crippen molar-refractivity contribution < 1.29 is 4.42 Å². The van der Waals surface area contributed by atoms with Crippen LogP contribution in [0.15, 0.2) is 47.3 Å². The molecular formula is C16H17N7O. The van der Waals surface area contributed by atoms with Crippen molar-refractivity contribution in [3.05, 3.63) is 48.8 Å². The number of rotatable bonds is 4. The Bertz CT molecular complexity index is 753. The van der Waals surface area contributed by atoms with E-state index in [4.69, 9.17) is 4.42 Å². The first-order chi connectivity index (χ1) is 11.9. The molecule has 8 heteroatoms. The van der Waals surface area contributed by atoms with Gasteiger partial charge in [0.2, 0.25) is 12.3 Å². The van der Waals surface area contributed by atoms with Gasteiger partial charge in [0, 0.05) is 32.4 Å². The molecule has 0 aromatic carbocycles. The van der Waals surface area contributed by atoms with E-state index in [2.05, 4.69) is 35.2 Å². The van der Waals surface area contributed by atoms with Gasteiger partial charge in [0.25, 0.3) is 0 Å². The third kappa shape index (κ3) is 3.23. The molecule has 0 radical (unpaired) electrons. The lowest BCUT2D eigenvalue weighted by Gasteiger charge is -2.34. The van der Waals surface area contributed by atoms with Gasteiger partial charge in [-0.15, -0.1) is 20.4 Å². The zero-order chi connectivity index (χ0) is 16.2. The van der Waals surface area contributed by atoms with Crippen molar-refractivity contribution in [3.63, 3.8) is 0 Å². The van der Waals surface area contributed by atoms with E-state index < -0.39 is 0 Å². The van der Waals surface area contributed by atoms with E-state index in [1.54, 1.807) is 6.20 Å². The van der Waals surface area contributed by atoms with Gasteiger partial charge in [-0.25, -0.2) is 0 Å². The van der Waals surface area contributed by atoms with Gasteiger partial charge >= 0.3 is 0 Å². The van der Waals surface area contributed by atoms with Crippen molar-refractivity contribution in [3.8, 4) is 11.4 Å². The summed E-state index contributed by atoms with van der Waals surface area (Å²) in [5.74, 6) is 1.55. The Hall–Kier alpha value is -2.87. The molecule has 4 heterocycles. The Morgan fingerprint density at radius 2 is 1.83 bits per heavy atom. The summed E-state index contributed by atoms with van der Waals surface area (Å²) >= 11 is 0. The number of nitrogens with zero attached hydrogens (tertiary/aromatic N) is 7. The smallest absolute Gasteiger partial charge is 0.230 e. The minimum atomic E-state index is 0.656. The molecule has 1 fully saturated rings. The van der Waals surface area contributed by atoms with Gasteiger partial charge in [-0.05, 0) is 24.3 Å². The highest BCUT2D eigenvalue weighted by molar-refractivity contribution is 5.54. The minimum Gasteiger partial charge on any atom is -0.427 e. The summed E-state index contributed by atoms with van der Waals surface area (Å²) in [6, 6.07) is 9.74. The highest BCUT2D eigenvalue weighted by Gasteiger charge is 2.19. The van der Waals surface area contributed by atoms with Crippen LogP contribution in [-0.2, 0) is 6.54 Å². The van der Waals surface area contributed by atoms with Gasteiger partial charge < -0.3 is 9.32 Å². The van der Waals surface area contributed by atoms with Crippen LogP contribution < -0.4 is 4.90 Å². The van der Waals surface area contributed by atoms with E-state index >= 15 is 0 Å². The molecular weight excluding hydrogens is 306 g/mol. The zero-order valence-corrected chi connectivity index (χ0v) is 13.1. The molecule has 0 saturated carbocycles. The van der Waals surface area contributed by atoms with Crippen LogP contribution in [0.2, 0.25) is 0 Å². The summed E-state index contributed by atoms with van der Waals surface area (Å²) in [4.78, 5) is 8.82. The molecule has 4 rings (SSSR count). The second kappa shape index (κ2) is 6.71. The van der Waals surface area contributed by atoms with Gasteiger partial charge in [0.05, 0.1) is 12.2 Å². The lowest BCUT2D eigenvalue weighted by molar-refractivity contribution is 0.225. The summed E-state index contributed by atoms with van der Waals surface area (Å²) < 4.78 is 5.20. The van der Waals surface area contributed by atoms with E-state index in [1.807, 2.05) is 30.3 Å². The second-order valence-corrected chi connectivity index (χ2v) is 5.59. The third-order valence-corrected chi connectivity index (χ3v) is 4.04. The van der Waals surface area contributed by atoms with E-state index in [0.29, 0.717) is 12.4 Å². The molecule has 122 valence electrons. The third-order valence-electron chi connectivity index (χ3n) is 4.04. The topological polar surface area (TPSA) is 84.1 Å². The molecule has 3 aromatic heterocycles. The molecule has 0 bridgehead atoms. The fourth-order valence-electron chi connectivity index (χ4n) is 2.74. The highest BCUT2D eigenvalue weighted by Crippen LogP contribution is 2.17. The average Bonchev–Trinajstić information content (AvgIpc) is 3.16. The predicted octanol–water partition coefficient (Wildman–Crippen LogP) is 1.24. The number of aromatic nitrogens is 5. The summed E-state index contributed by atoms with van der Waals surface area (Å²) in [6.07, 6.45) is 3.12. The lowest BCUT2D eigenvalue weighted by Crippen LogP contribution is -2.46. The van der Waals surface area contributed by atoms with Crippen LogP contribution in [0.3, 0.4) is 0 Å². The standard InChI is InChI=1S/C16H17N7O/c1-2-6-17-13(3-1)14-4-5-15(20-19-14)23-9-7-22(8-10-23)11-16-21-18-12-24-16/h1-6,12H,7-11H2. The van der Waals surface area contributed by atoms with Crippen molar-refractivity contribution >= 4 is 5.82 Å². The fraction of sp³-hybridized carbons (Fsp3) is 0.312. The van der Waals surface area contributed by atoms with Crippen molar-refractivity contribution in [1.29, 1.82) is 0 Å². The largest absolute Gasteiger partial charge is 0.427 e. The summed E-state index contributed by atoms with van der Waals surface area (Å²) in [5.41, 5.74) is 1.62. The Labute approximate surface area is 139 Å². The van der Waals surface area contributed by atoms with Gasteiger partial charge in [0.15, 0.2) is 5.82 Å². The van der Waals surface area contributed by atoms with Crippen molar-refractivity contribution in [2.75, 3.05) is 31.1 Å². The van der Waals surface area contributed by atoms with E-state index in [0.717, 1.165) is 43.4 Å². The summed E-state index contributed by atoms with van der Waals surface area (Å²) in [5, 5.41) is 16.3. The van der Waals surface area contributed by atoms with Gasteiger partial charge in [-0.2, -0.15) is 0 Å². The molecule has 1 aliphatic heterocycles. The Morgan fingerprint density at radius 1 is 0.917 bits per heavy atom. The molecule has 24 heavy (non-hydrogen) atoms. The van der Waals surface area contributed by atoms with Crippen molar-refractivity contribution in [2.45, 2.75) is 6.54 Å². The van der Waals surface area contributed by atoms with Crippen LogP contribution in [0, 0.1) is 0 Å². The van der Waals surface area contributed by atoms with E-state index in [9.17, 15) is 0 Å². The number of anilines is 1. The molecule has 8 nitrogen and oxygen atoms in total. The molecule has 0 N–H and O–H groups in total. The van der Waals surface area contributed by atoms with Crippen LogP contribution in [0.25, 0.3) is 11.4 Å². The van der Waals surface area contributed by atoms with E-state index in [1.165, 1.54) is 6.39 Å². The van der Waals surface area contributed by atoms with Crippen LogP contribution in [0.5, 0.6) is 0 Å². The summed E-state index contributed by atoms with van der Waals surface area (Å²) in [7, 11) is 0. The Morgan fingerprint density at radius 3 is 2.50 bits per heavy atom. The second-order valence-electron chi connectivity index (χ2n) is 5.59. The zero-order valence-electron chi connectivity index (χ0n) is 13.1. The Kier molecular flexibility index (Phi) is 4.11. The highest BCUT2D eigenvalue weighted by atomic mass is 16.4. The van der Waals surface area contributed by atoms with Crippen molar-refractivity contribution in [1.82, 2.24) is 30.3 Å². The molecule has 0 aliphatic carbocycles. The van der Waals surface area contributed by atoms with Crippen LogP contribution in [0.4, 0.5) is 5.82 Å². The Balaban J connectivity index is 1.37. The van der Waals surface area contributed by atoms with Crippen LogP contribution >= 0.6 is 0 Å². The maximum atomic E-state index is 5.20. The average molecular weight is 323 g/mol. The number of piperazine rings is 1. The fourth-order valence-corrected chi connectivity index (χ4v) is 2.74.